The molecule has 1 aliphatic carbocycles. The largest absolute Gasteiger partial charge is 0.364 e. The third-order valence-corrected chi connectivity index (χ3v) is 5.47. The molecule has 4 rings (SSSR count). The fourth-order valence-corrected chi connectivity index (χ4v) is 3.72. The summed E-state index contributed by atoms with van der Waals surface area (Å²) in [6.45, 7) is 4.77. The summed E-state index contributed by atoms with van der Waals surface area (Å²) in [7, 11) is 0. The monoisotopic (exact) mass is 332 g/mol. The number of nitrogens with zero attached hydrogens (tertiary/aromatic N) is 1. The van der Waals surface area contributed by atoms with Gasteiger partial charge in [-0.05, 0) is 55.2 Å². The van der Waals surface area contributed by atoms with Gasteiger partial charge in [-0.15, -0.1) is 0 Å². The Hall–Kier alpha value is -2.55. The number of amides is 1. The van der Waals surface area contributed by atoms with Crippen LogP contribution in [0.15, 0.2) is 60.7 Å². The summed E-state index contributed by atoms with van der Waals surface area (Å²) in [4.78, 5) is 14.8. The molecular formula is C22H24N2O. The van der Waals surface area contributed by atoms with Gasteiger partial charge in [-0.3, -0.25) is 4.79 Å². The van der Waals surface area contributed by atoms with Gasteiger partial charge in [0.15, 0.2) is 0 Å². The Balaban J connectivity index is 1.40. The lowest BCUT2D eigenvalue weighted by Gasteiger charge is -2.20. The summed E-state index contributed by atoms with van der Waals surface area (Å²) in [5, 5.41) is 3.15. The highest BCUT2D eigenvalue weighted by atomic mass is 16.1. The smallest absolute Gasteiger partial charge is 0.251 e. The van der Waals surface area contributed by atoms with Crippen LogP contribution in [0.5, 0.6) is 0 Å². The molecule has 1 heterocycles. The van der Waals surface area contributed by atoms with E-state index in [1.807, 2.05) is 24.3 Å². The van der Waals surface area contributed by atoms with Crippen molar-refractivity contribution in [2.45, 2.75) is 25.2 Å². The molecule has 0 atom stereocenters. The first kappa shape index (κ1) is 15.9. The first-order valence-corrected chi connectivity index (χ1v) is 9.02. The maximum atomic E-state index is 12.5. The summed E-state index contributed by atoms with van der Waals surface area (Å²) in [6, 6.07) is 16.5. The minimum atomic E-state index is 0.0194. The molecule has 2 aromatic rings. The van der Waals surface area contributed by atoms with Crippen LogP contribution in [0.2, 0.25) is 0 Å². The predicted octanol–water partition coefficient (Wildman–Crippen LogP) is 3.83. The Morgan fingerprint density at radius 1 is 1.04 bits per heavy atom. The van der Waals surface area contributed by atoms with E-state index in [1.165, 1.54) is 16.8 Å². The van der Waals surface area contributed by atoms with Crippen molar-refractivity contribution < 1.29 is 4.79 Å². The second-order valence-electron chi connectivity index (χ2n) is 7.20. The molecule has 1 fully saturated rings. The Bertz CT molecular complexity index is 795. The highest BCUT2D eigenvalue weighted by Gasteiger charge is 2.45. The van der Waals surface area contributed by atoms with Crippen LogP contribution in [0.4, 0.5) is 5.69 Å². The average molecular weight is 332 g/mol. The SMILES string of the molecule is Cc1ccccc1C1(CNC(=O)c2ccc(N3CC=CC3)cc2)CC1. The Morgan fingerprint density at radius 3 is 2.36 bits per heavy atom. The van der Waals surface area contributed by atoms with E-state index in [2.05, 4.69) is 53.6 Å². The summed E-state index contributed by atoms with van der Waals surface area (Å²) in [5.74, 6) is 0.0194. The van der Waals surface area contributed by atoms with E-state index in [0.29, 0.717) is 6.54 Å². The molecule has 25 heavy (non-hydrogen) atoms. The van der Waals surface area contributed by atoms with Gasteiger partial charge in [0.25, 0.3) is 5.91 Å². The number of rotatable bonds is 5. The molecule has 0 unspecified atom stereocenters. The van der Waals surface area contributed by atoms with Crippen molar-refractivity contribution in [1.82, 2.24) is 5.32 Å². The third kappa shape index (κ3) is 3.19. The van der Waals surface area contributed by atoms with Crippen LogP contribution in [0.3, 0.4) is 0 Å². The predicted molar refractivity (Wildman–Crippen MR) is 102 cm³/mol. The van der Waals surface area contributed by atoms with Crippen LogP contribution in [0.1, 0.15) is 34.3 Å². The highest BCUT2D eigenvalue weighted by Crippen LogP contribution is 2.48. The fraction of sp³-hybridized carbons (Fsp3) is 0.318. The van der Waals surface area contributed by atoms with Gasteiger partial charge in [0.05, 0.1) is 0 Å². The number of nitrogens with one attached hydrogen (secondary N) is 1. The minimum absolute atomic E-state index is 0.0194. The van der Waals surface area contributed by atoms with E-state index in [-0.39, 0.29) is 11.3 Å². The van der Waals surface area contributed by atoms with Crippen LogP contribution >= 0.6 is 0 Å². The molecule has 2 aromatic carbocycles. The molecule has 1 N–H and O–H groups in total. The van der Waals surface area contributed by atoms with Crippen molar-refractivity contribution in [1.29, 1.82) is 0 Å². The Morgan fingerprint density at radius 2 is 1.72 bits per heavy atom. The zero-order valence-corrected chi connectivity index (χ0v) is 14.7. The van der Waals surface area contributed by atoms with Crippen LogP contribution in [0, 0.1) is 6.92 Å². The van der Waals surface area contributed by atoms with Crippen LogP contribution in [-0.2, 0) is 5.41 Å². The lowest BCUT2D eigenvalue weighted by atomic mass is 9.92. The molecule has 1 aliphatic heterocycles. The second kappa shape index (κ2) is 6.40. The highest BCUT2D eigenvalue weighted by molar-refractivity contribution is 5.94. The molecule has 3 heteroatoms. The van der Waals surface area contributed by atoms with E-state index < -0.39 is 0 Å². The second-order valence-corrected chi connectivity index (χ2v) is 7.20. The molecule has 1 amide bonds. The Labute approximate surface area is 149 Å². The van der Waals surface area contributed by atoms with Gasteiger partial charge >= 0.3 is 0 Å². The lowest BCUT2D eigenvalue weighted by Crippen LogP contribution is -2.32. The number of carbonyl (C=O) groups excluding carboxylic acids is 1. The van der Waals surface area contributed by atoms with Gasteiger partial charge in [0.1, 0.15) is 0 Å². The molecule has 128 valence electrons. The molecular weight excluding hydrogens is 308 g/mol. The van der Waals surface area contributed by atoms with E-state index >= 15 is 0 Å². The Kier molecular flexibility index (Phi) is 4.08. The zero-order chi connectivity index (χ0) is 17.3. The molecule has 0 bridgehead atoms. The van der Waals surface area contributed by atoms with E-state index in [9.17, 15) is 4.79 Å². The fourth-order valence-electron chi connectivity index (χ4n) is 3.72. The van der Waals surface area contributed by atoms with Crippen LogP contribution in [-0.4, -0.2) is 25.5 Å². The van der Waals surface area contributed by atoms with Gasteiger partial charge in [0.2, 0.25) is 0 Å². The summed E-state index contributed by atoms with van der Waals surface area (Å²) >= 11 is 0. The van der Waals surface area contributed by atoms with Crippen molar-refractivity contribution in [2.24, 2.45) is 0 Å². The average Bonchev–Trinajstić information content (AvgIpc) is 3.22. The minimum Gasteiger partial charge on any atom is -0.364 e. The van der Waals surface area contributed by atoms with Crippen molar-refractivity contribution in [2.75, 3.05) is 24.5 Å². The molecule has 1 saturated carbocycles. The molecule has 2 aliphatic rings. The van der Waals surface area contributed by atoms with Gasteiger partial charge in [-0.1, -0.05) is 36.4 Å². The van der Waals surface area contributed by atoms with Gasteiger partial charge in [0, 0.05) is 36.3 Å². The van der Waals surface area contributed by atoms with Crippen molar-refractivity contribution in [3.05, 3.63) is 77.4 Å². The van der Waals surface area contributed by atoms with Gasteiger partial charge in [-0.25, -0.2) is 0 Å². The van der Waals surface area contributed by atoms with Crippen molar-refractivity contribution >= 4 is 11.6 Å². The number of aryl methyl sites for hydroxylation is 1. The number of carbonyl (C=O) groups is 1. The van der Waals surface area contributed by atoms with Gasteiger partial charge in [-0.2, -0.15) is 0 Å². The standard InChI is InChI=1S/C22H24N2O/c1-17-6-2-3-7-20(17)22(12-13-22)16-23-21(25)18-8-10-19(11-9-18)24-14-4-5-15-24/h2-11H,12-16H2,1H3,(H,23,25). The maximum absolute atomic E-state index is 12.5. The topological polar surface area (TPSA) is 32.3 Å². The number of anilines is 1. The van der Waals surface area contributed by atoms with Gasteiger partial charge < -0.3 is 10.2 Å². The molecule has 0 aromatic heterocycles. The normalized spacial score (nSPS) is 17.6. The van der Waals surface area contributed by atoms with Crippen molar-refractivity contribution in [3.8, 4) is 0 Å². The molecule has 0 saturated heterocycles. The number of hydrogen-bond donors (Lipinski definition) is 1. The summed E-state index contributed by atoms with van der Waals surface area (Å²) in [5.41, 5.74) is 4.74. The quantitative estimate of drug-likeness (QED) is 0.844. The third-order valence-electron chi connectivity index (χ3n) is 5.47. The maximum Gasteiger partial charge on any atom is 0.251 e. The summed E-state index contributed by atoms with van der Waals surface area (Å²) in [6.07, 6.45) is 6.64. The lowest BCUT2D eigenvalue weighted by molar-refractivity contribution is 0.0949. The molecule has 0 spiro atoms. The number of benzene rings is 2. The first-order chi connectivity index (χ1) is 12.2. The number of hydrogen-bond acceptors (Lipinski definition) is 2. The van der Waals surface area contributed by atoms with Crippen molar-refractivity contribution in [3.63, 3.8) is 0 Å². The van der Waals surface area contributed by atoms with E-state index in [1.54, 1.807) is 0 Å². The molecule has 3 nitrogen and oxygen atoms in total. The van der Waals surface area contributed by atoms with Crippen LogP contribution < -0.4 is 10.2 Å². The van der Waals surface area contributed by atoms with E-state index in [4.69, 9.17) is 0 Å². The molecule has 0 radical (unpaired) electrons. The first-order valence-electron chi connectivity index (χ1n) is 9.02. The van der Waals surface area contributed by atoms with Crippen LogP contribution in [0.25, 0.3) is 0 Å². The summed E-state index contributed by atoms with van der Waals surface area (Å²) < 4.78 is 0. The van der Waals surface area contributed by atoms with E-state index in [0.717, 1.165) is 31.5 Å². The zero-order valence-electron chi connectivity index (χ0n) is 14.7.